The predicted molar refractivity (Wildman–Crippen MR) is 143 cm³/mol. The van der Waals surface area contributed by atoms with Crippen molar-refractivity contribution in [3.8, 4) is 11.8 Å². The van der Waals surface area contributed by atoms with Gasteiger partial charge in [-0.05, 0) is 67.6 Å². The van der Waals surface area contributed by atoms with E-state index in [2.05, 4.69) is 26.7 Å². The Morgan fingerprint density at radius 2 is 1.81 bits per heavy atom. The van der Waals surface area contributed by atoms with E-state index in [0.717, 1.165) is 48.4 Å². The third-order valence-electron chi connectivity index (χ3n) is 6.74. The van der Waals surface area contributed by atoms with Gasteiger partial charge in [0.15, 0.2) is 0 Å². The zero-order valence-corrected chi connectivity index (χ0v) is 20.5. The van der Waals surface area contributed by atoms with Crippen molar-refractivity contribution in [2.24, 2.45) is 0 Å². The summed E-state index contributed by atoms with van der Waals surface area (Å²) in [6.07, 6.45) is 10.6. The third-order valence-corrected chi connectivity index (χ3v) is 6.74. The van der Waals surface area contributed by atoms with E-state index < -0.39 is 0 Å². The number of benzene rings is 2. The zero-order chi connectivity index (χ0) is 25.5. The molecule has 0 radical (unpaired) electrons. The van der Waals surface area contributed by atoms with Crippen molar-refractivity contribution in [3.05, 3.63) is 103 Å². The van der Waals surface area contributed by atoms with Crippen molar-refractivity contribution in [1.29, 1.82) is 5.26 Å². The fourth-order valence-electron chi connectivity index (χ4n) is 4.78. The molecule has 1 aliphatic carbocycles. The minimum atomic E-state index is -0.0931. The van der Waals surface area contributed by atoms with Gasteiger partial charge in [-0.25, -0.2) is 14.8 Å². The van der Waals surface area contributed by atoms with Crippen LogP contribution in [0.4, 0.5) is 16.3 Å². The van der Waals surface area contributed by atoms with Gasteiger partial charge in [-0.1, -0.05) is 30.3 Å². The highest BCUT2D eigenvalue weighted by Crippen LogP contribution is 2.30. The van der Waals surface area contributed by atoms with Gasteiger partial charge in [0.25, 0.3) is 0 Å². The summed E-state index contributed by atoms with van der Waals surface area (Å²) in [5.74, 6) is 0.773. The summed E-state index contributed by atoms with van der Waals surface area (Å²) < 4.78 is 1.94. The number of nitrogens with zero attached hydrogens (tertiary/aromatic N) is 5. The molecular formula is C29H29N7O. The molecule has 1 fully saturated rings. The number of nitriles is 1. The van der Waals surface area contributed by atoms with E-state index in [1.54, 1.807) is 24.8 Å². The second kappa shape index (κ2) is 11.4. The Labute approximate surface area is 216 Å². The van der Waals surface area contributed by atoms with Crippen LogP contribution in [0.1, 0.15) is 36.8 Å². The van der Waals surface area contributed by atoms with Crippen LogP contribution in [0.2, 0.25) is 0 Å². The second-order valence-corrected chi connectivity index (χ2v) is 9.19. The molecule has 5 rings (SSSR count). The first kappa shape index (κ1) is 24.1. The number of hydrogen-bond donors (Lipinski definition) is 2. The van der Waals surface area contributed by atoms with Gasteiger partial charge in [-0.2, -0.15) is 5.26 Å². The molecule has 0 spiro atoms. The van der Waals surface area contributed by atoms with Gasteiger partial charge in [0.2, 0.25) is 0 Å². The summed E-state index contributed by atoms with van der Waals surface area (Å²) in [6, 6.07) is 24.0. The Hall–Kier alpha value is -4.64. The molecule has 8 heteroatoms. The number of urea groups is 1. The summed E-state index contributed by atoms with van der Waals surface area (Å²) in [5.41, 5.74) is 3.48. The van der Waals surface area contributed by atoms with E-state index in [1.807, 2.05) is 76.3 Å². The van der Waals surface area contributed by atoms with Crippen molar-refractivity contribution < 1.29 is 4.79 Å². The number of pyridine rings is 1. The minimum Gasteiger partial charge on any atom is -0.367 e. The number of anilines is 2. The lowest BCUT2D eigenvalue weighted by Gasteiger charge is -2.37. The molecule has 1 saturated carbocycles. The summed E-state index contributed by atoms with van der Waals surface area (Å²) in [5, 5.41) is 15.6. The second-order valence-electron chi connectivity index (χ2n) is 9.19. The van der Waals surface area contributed by atoms with Crippen LogP contribution < -0.4 is 15.5 Å². The molecule has 2 heterocycles. The molecule has 1 aliphatic rings. The molecule has 2 aromatic carbocycles. The predicted octanol–water partition coefficient (Wildman–Crippen LogP) is 5.28. The van der Waals surface area contributed by atoms with Gasteiger partial charge in [-0.15, -0.1) is 0 Å². The van der Waals surface area contributed by atoms with Crippen LogP contribution in [0, 0.1) is 11.3 Å². The Kier molecular flexibility index (Phi) is 7.42. The molecule has 2 aromatic heterocycles. The fraction of sp³-hybridized carbons (Fsp3) is 0.241. The quantitative estimate of drug-likeness (QED) is 0.367. The Balaban J connectivity index is 1.28. The maximum Gasteiger partial charge on any atom is 0.322 e. The highest BCUT2D eigenvalue weighted by atomic mass is 16.2. The fourth-order valence-corrected chi connectivity index (χ4v) is 4.78. The maximum atomic E-state index is 13.5. The maximum absolute atomic E-state index is 13.5. The topological polar surface area (TPSA) is 98.9 Å². The Morgan fingerprint density at radius 1 is 1.03 bits per heavy atom. The standard InChI is InChI=1S/C29H29N7O/c30-18-23-6-15-28(32-20-23)34-24-7-9-26(10-8-24)36(29(37)33-19-22-4-2-1-3-5-22)27-13-11-25(12-14-27)35-17-16-31-21-35/h1-6,11-17,20-21,24,26H,7-10,19H2,(H,32,34)(H,33,37). The molecule has 37 heavy (non-hydrogen) atoms. The number of rotatable bonds is 7. The smallest absolute Gasteiger partial charge is 0.322 e. The zero-order valence-electron chi connectivity index (χ0n) is 20.5. The first-order chi connectivity index (χ1) is 18.2. The molecular weight excluding hydrogens is 462 g/mol. The van der Waals surface area contributed by atoms with Crippen LogP contribution >= 0.6 is 0 Å². The van der Waals surface area contributed by atoms with Gasteiger partial charge in [0, 0.05) is 48.6 Å². The van der Waals surface area contributed by atoms with Crippen molar-refractivity contribution in [1.82, 2.24) is 19.9 Å². The highest BCUT2D eigenvalue weighted by molar-refractivity contribution is 5.92. The van der Waals surface area contributed by atoms with E-state index in [1.165, 1.54) is 0 Å². The lowest BCUT2D eigenvalue weighted by atomic mass is 9.90. The highest BCUT2D eigenvalue weighted by Gasteiger charge is 2.30. The molecule has 8 nitrogen and oxygen atoms in total. The molecule has 186 valence electrons. The Morgan fingerprint density at radius 3 is 2.46 bits per heavy atom. The first-order valence-electron chi connectivity index (χ1n) is 12.5. The molecule has 2 amide bonds. The van der Waals surface area contributed by atoms with Gasteiger partial charge in [0.05, 0.1) is 11.9 Å². The molecule has 0 unspecified atom stereocenters. The lowest BCUT2D eigenvalue weighted by Crippen LogP contribution is -2.48. The normalized spacial score (nSPS) is 16.9. The molecule has 4 aromatic rings. The van der Waals surface area contributed by atoms with Crippen LogP contribution in [0.3, 0.4) is 0 Å². The van der Waals surface area contributed by atoms with Crippen molar-refractivity contribution in [2.45, 2.75) is 44.3 Å². The molecule has 0 saturated heterocycles. The van der Waals surface area contributed by atoms with Crippen LogP contribution in [0.25, 0.3) is 5.69 Å². The average molecular weight is 492 g/mol. The average Bonchev–Trinajstić information content (AvgIpc) is 3.50. The number of carbonyl (C=O) groups is 1. The van der Waals surface area contributed by atoms with Crippen LogP contribution in [-0.2, 0) is 6.54 Å². The molecule has 0 aliphatic heterocycles. The number of hydrogen-bond acceptors (Lipinski definition) is 5. The summed E-state index contributed by atoms with van der Waals surface area (Å²) in [4.78, 5) is 23.9. The van der Waals surface area contributed by atoms with Gasteiger partial charge < -0.3 is 15.2 Å². The monoisotopic (exact) mass is 491 g/mol. The van der Waals surface area contributed by atoms with Gasteiger partial charge >= 0.3 is 6.03 Å². The van der Waals surface area contributed by atoms with E-state index >= 15 is 0 Å². The Bertz CT molecular complexity index is 1320. The number of amides is 2. The first-order valence-corrected chi connectivity index (χ1v) is 12.5. The molecule has 0 bridgehead atoms. The molecule has 2 N–H and O–H groups in total. The van der Waals surface area contributed by atoms with E-state index in [9.17, 15) is 4.79 Å². The van der Waals surface area contributed by atoms with Crippen LogP contribution in [0.5, 0.6) is 0 Å². The van der Waals surface area contributed by atoms with Gasteiger partial charge in [0.1, 0.15) is 11.9 Å². The van der Waals surface area contributed by atoms with E-state index in [-0.39, 0.29) is 18.1 Å². The summed E-state index contributed by atoms with van der Waals surface area (Å²) in [6.45, 7) is 0.477. The van der Waals surface area contributed by atoms with Crippen molar-refractivity contribution in [2.75, 3.05) is 10.2 Å². The minimum absolute atomic E-state index is 0.0850. The largest absolute Gasteiger partial charge is 0.367 e. The van der Waals surface area contributed by atoms with Crippen LogP contribution in [0.15, 0.2) is 91.6 Å². The van der Waals surface area contributed by atoms with E-state index in [4.69, 9.17) is 5.26 Å². The lowest BCUT2D eigenvalue weighted by molar-refractivity contribution is 0.240. The van der Waals surface area contributed by atoms with Crippen molar-refractivity contribution in [3.63, 3.8) is 0 Å². The third kappa shape index (κ3) is 5.96. The SMILES string of the molecule is N#Cc1ccc(NC2CCC(N(C(=O)NCc3ccccc3)c3ccc(-n4ccnc4)cc3)CC2)nc1. The number of carbonyl (C=O) groups excluding carboxylic acids is 1. The summed E-state index contributed by atoms with van der Waals surface area (Å²) in [7, 11) is 0. The number of imidazole rings is 1. The summed E-state index contributed by atoms with van der Waals surface area (Å²) >= 11 is 0. The molecule has 0 atom stereocenters. The van der Waals surface area contributed by atoms with E-state index in [0.29, 0.717) is 12.1 Å². The van der Waals surface area contributed by atoms with Crippen molar-refractivity contribution >= 4 is 17.5 Å². The number of nitrogens with one attached hydrogen (secondary N) is 2. The number of aromatic nitrogens is 3. The van der Waals surface area contributed by atoms with Crippen LogP contribution in [-0.4, -0.2) is 32.6 Å². The van der Waals surface area contributed by atoms with Gasteiger partial charge in [-0.3, -0.25) is 4.90 Å².